The summed E-state index contributed by atoms with van der Waals surface area (Å²) < 4.78 is 6.65. The standard InChI is InChI=1S/C16H12BrClO3/c17-13-3-1-2-12(8-13)10-21-15-6-4-11(9-14(15)18)5-7-16(19)20/h1-9H,10H2,(H,19,20). The van der Waals surface area contributed by atoms with Crippen molar-refractivity contribution in [1.82, 2.24) is 0 Å². The van der Waals surface area contributed by atoms with Crippen molar-refractivity contribution in [2.24, 2.45) is 0 Å². The first-order valence-electron chi connectivity index (χ1n) is 6.12. The number of aliphatic carboxylic acids is 1. The van der Waals surface area contributed by atoms with Crippen LogP contribution in [0.15, 0.2) is 53.0 Å². The van der Waals surface area contributed by atoms with Gasteiger partial charge in [-0.1, -0.05) is 45.7 Å². The molecule has 0 saturated heterocycles. The second kappa shape index (κ2) is 7.29. The van der Waals surface area contributed by atoms with Gasteiger partial charge in [-0.3, -0.25) is 0 Å². The predicted molar refractivity (Wildman–Crippen MR) is 86.6 cm³/mol. The zero-order chi connectivity index (χ0) is 15.2. The van der Waals surface area contributed by atoms with Gasteiger partial charge in [-0.2, -0.15) is 0 Å². The van der Waals surface area contributed by atoms with Crippen molar-refractivity contribution in [2.45, 2.75) is 6.61 Å². The third-order valence-electron chi connectivity index (χ3n) is 2.66. The molecular weight excluding hydrogens is 356 g/mol. The number of benzene rings is 2. The number of hydrogen-bond donors (Lipinski definition) is 1. The molecule has 0 unspecified atom stereocenters. The van der Waals surface area contributed by atoms with E-state index in [1.165, 1.54) is 6.08 Å². The third-order valence-corrected chi connectivity index (χ3v) is 3.45. The summed E-state index contributed by atoms with van der Waals surface area (Å²) >= 11 is 9.53. The van der Waals surface area contributed by atoms with Gasteiger partial charge in [0.2, 0.25) is 0 Å². The predicted octanol–water partition coefficient (Wildman–Crippen LogP) is 4.78. The minimum absolute atomic E-state index is 0.406. The van der Waals surface area contributed by atoms with Gasteiger partial charge in [-0.15, -0.1) is 0 Å². The summed E-state index contributed by atoms with van der Waals surface area (Å²) in [5, 5.41) is 9.03. The van der Waals surface area contributed by atoms with E-state index in [1.807, 2.05) is 24.3 Å². The largest absolute Gasteiger partial charge is 0.487 e. The Hall–Kier alpha value is -1.78. The van der Waals surface area contributed by atoms with Crippen molar-refractivity contribution in [2.75, 3.05) is 0 Å². The minimum Gasteiger partial charge on any atom is -0.487 e. The molecular formula is C16H12BrClO3. The quantitative estimate of drug-likeness (QED) is 0.774. The topological polar surface area (TPSA) is 46.5 Å². The Labute approximate surface area is 135 Å². The summed E-state index contributed by atoms with van der Waals surface area (Å²) in [4.78, 5) is 10.5. The van der Waals surface area contributed by atoms with E-state index in [0.717, 1.165) is 16.1 Å². The van der Waals surface area contributed by atoms with Crippen LogP contribution in [-0.2, 0) is 11.4 Å². The van der Waals surface area contributed by atoms with Crippen molar-refractivity contribution >= 4 is 39.6 Å². The number of carboxylic acids is 1. The van der Waals surface area contributed by atoms with Crippen LogP contribution < -0.4 is 4.74 Å². The third kappa shape index (κ3) is 4.92. The summed E-state index contributed by atoms with van der Waals surface area (Å²) in [6, 6.07) is 12.9. The molecule has 0 spiro atoms. The molecule has 0 saturated carbocycles. The van der Waals surface area contributed by atoms with Crippen LogP contribution in [0.3, 0.4) is 0 Å². The summed E-state index contributed by atoms with van der Waals surface area (Å²) in [6.45, 7) is 0.406. The van der Waals surface area contributed by atoms with Gasteiger partial charge >= 0.3 is 5.97 Å². The van der Waals surface area contributed by atoms with Crippen LogP contribution in [0.2, 0.25) is 5.02 Å². The number of carbonyl (C=O) groups is 1. The fourth-order valence-electron chi connectivity index (χ4n) is 1.69. The first kappa shape index (κ1) is 15.6. The second-order valence-corrected chi connectivity index (χ2v) is 5.60. The van der Waals surface area contributed by atoms with Crippen LogP contribution in [0.1, 0.15) is 11.1 Å². The van der Waals surface area contributed by atoms with Crippen LogP contribution in [0, 0.1) is 0 Å². The Kier molecular flexibility index (Phi) is 5.42. The van der Waals surface area contributed by atoms with E-state index in [2.05, 4.69) is 15.9 Å². The normalized spacial score (nSPS) is 10.8. The first-order valence-corrected chi connectivity index (χ1v) is 7.29. The summed E-state index contributed by atoms with van der Waals surface area (Å²) in [5.41, 5.74) is 1.73. The van der Waals surface area contributed by atoms with Gasteiger partial charge in [0, 0.05) is 10.5 Å². The maximum Gasteiger partial charge on any atom is 0.328 e. The molecule has 0 amide bonds. The fraction of sp³-hybridized carbons (Fsp3) is 0.0625. The monoisotopic (exact) mass is 366 g/mol. The zero-order valence-electron chi connectivity index (χ0n) is 10.9. The van der Waals surface area contributed by atoms with E-state index in [1.54, 1.807) is 18.2 Å². The molecule has 0 atom stereocenters. The van der Waals surface area contributed by atoms with Crippen LogP contribution in [0.25, 0.3) is 6.08 Å². The molecule has 0 aliphatic carbocycles. The Morgan fingerprint density at radius 1 is 1.29 bits per heavy atom. The molecule has 3 nitrogen and oxygen atoms in total. The van der Waals surface area contributed by atoms with Crippen LogP contribution in [0.4, 0.5) is 0 Å². The van der Waals surface area contributed by atoms with Crippen LogP contribution >= 0.6 is 27.5 Å². The summed E-state index contributed by atoms with van der Waals surface area (Å²) in [6.07, 6.45) is 2.54. The molecule has 0 aliphatic heterocycles. The Bertz CT molecular complexity index is 683. The zero-order valence-corrected chi connectivity index (χ0v) is 13.3. The van der Waals surface area contributed by atoms with E-state index in [0.29, 0.717) is 22.9 Å². The molecule has 5 heteroatoms. The maximum atomic E-state index is 10.5. The van der Waals surface area contributed by atoms with E-state index in [-0.39, 0.29) is 0 Å². The van der Waals surface area contributed by atoms with E-state index in [9.17, 15) is 4.79 Å². The first-order chi connectivity index (χ1) is 10.0. The highest BCUT2D eigenvalue weighted by Gasteiger charge is 2.03. The smallest absolute Gasteiger partial charge is 0.328 e. The Balaban J connectivity index is 2.06. The lowest BCUT2D eigenvalue weighted by Crippen LogP contribution is -1.96. The molecule has 1 N–H and O–H groups in total. The van der Waals surface area contributed by atoms with Crippen LogP contribution in [-0.4, -0.2) is 11.1 Å². The lowest BCUT2D eigenvalue weighted by Gasteiger charge is -2.09. The molecule has 0 fully saturated rings. The van der Waals surface area contributed by atoms with E-state index < -0.39 is 5.97 Å². The average Bonchev–Trinajstić information content (AvgIpc) is 2.44. The molecule has 0 bridgehead atoms. The summed E-state index contributed by atoms with van der Waals surface area (Å²) in [5.74, 6) is -0.440. The number of rotatable bonds is 5. The fourth-order valence-corrected chi connectivity index (χ4v) is 2.38. The molecule has 2 aromatic rings. The molecule has 0 aromatic heterocycles. The summed E-state index contributed by atoms with van der Waals surface area (Å²) in [7, 11) is 0. The highest BCUT2D eigenvalue weighted by molar-refractivity contribution is 9.10. The highest BCUT2D eigenvalue weighted by atomic mass is 79.9. The van der Waals surface area contributed by atoms with Gasteiger partial charge in [0.15, 0.2) is 0 Å². The van der Waals surface area contributed by atoms with Crippen molar-refractivity contribution in [3.8, 4) is 5.75 Å². The number of halogens is 2. The number of carboxylic acid groups (broad SMARTS) is 1. The lowest BCUT2D eigenvalue weighted by atomic mass is 10.2. The molecule has 108 valence electrons. The second-order valence-electron chi connectivity index (χ2n) is 4.28. The van der Waals surface area contributed by atoms with Crippen LogP contribution in [0.5, 0.6) is 5.75 Å². The van der Waals surface area contributed by atoms with Crippen molar-refractivity contribution in [1.29, 1.82) is 0 Å². The molecule has 2 rings (SSSR count). The minimum atomic E-state index is -0.999. The molecule has 0 heterocycles. The van der Waals surface area contributed by atoms with Crippen molar-refractivity contribution < 1.29 is 14.6 Å². The van der Waals surface area contributed by atoms with Gasteiger partial charge in [-0.25, -0.2) is 4.79 Å². The van der Waals surface area contributed by atoms with Gasteiger partial charge in [0.05, 0.1) is 5.02 Å². The molecule has 0 radical (unpaired) electrons. The van der Waals surface area contributed by atoms with E-state index in [4.69, 9.17) is 21.4 Å². The number of hydrogen-bond acceptors (Lipinski definition) is 2. The number of ether oxygens (including phenoxy) is 1. The van der Waals surface area contributed by atoms with Crippen molar-refractivity contribution in [3.05, 3.63) is 69.2 Å². The SMILES string of the molecule is O=C(O)C=Cc1ccc(OCc2cccc(Br)c2)c(Cl)c1. The molecule has 21 heavy (non-hydrogen) atoms. The van der Waals surface area contributed by atoms with E-state index >= 15 is 0 Å². The molecule has 0 aliphatic rings. The van der Waals surface area contributed by atoms with Gasteiger partial charge in [0.25, 0.3) is 0 Å². The Morgan fingerprint density at radius 2 is 2.10 bits per heavy atom. The van der Waals surface area contributed by atoms with Gasteiger partial charge in [0.1, 0.15) is 12.4 Å². The van der Waals surface area contributed by atoms with Gasteiger partial charge < -0.3 is 9.84 Å². The van der Waals surface area contributed by atoms with Crippen molar-refractivity contribution in [3.63, 3.8) is 0 Å². The lowest BCUT2D eigenvalue weighted by molar-refractivity contribution is -0.131. The Morgan fingerprint density at radius 3 is 2.76 bits per heavy atom. The highest BCUT2D eigenvalue weighted by Crippen LogP contribution is 2.27. The maximum absolute atomic E-state index is 10.5. The van der Waals surface area contributed by atoms with Gasteiger partial charge in [-0.05, 0) is 41.5 Å². The molecule has 2 aromatic carbocycles. The average molecular weight is 368 g/mol.